The minimum atomic E-state index is 0.492. The summed E-state index contributed by atoms with van der Waals surface area (Å²) in [5.74, 6) is 0. The average Bonchev–Trinajstić information content (AvgIpc) is 2.70. The second-order valence-corrected chi connectivity index (χ2v) is 5.84. The number of likely N-dealkylation sites (N-methyl/N-ethyl adjacent to an activating group) is 1. The fraction of sp³-hybridized carbons (Fsp3) is 0.944. The molecule has 0 aromatic rings. The highest BCUT2D eigenvalue weighted by atomic mass is 16.5. The molecule has 0 saturated heterocycles. The molecule has 10 nitrogen and oxygen atoms in total. The van der Waals surface area contributed by atoms with Crippen LogP contribution in [0.3, 0.4) is 0 Å². The van der Waals surface area contributed by atoms with Gasteiger partial charge in [0.05, 0.1) is 79.3 Å². The number of amides is 1. The van der Waals surface area contributed by atoms with E-state index in [-0.39, 0.29) is 0 Å². The minimum absolute atomic E-state index is 0.492. The molecule has 0 aromatic carbocycles. The third kappa shape index (κ3) is 23.2. The number of ether oxygens (including phenoxy) is 6. The van der Waals surface area contributed by atoms with Crippen molar-refractivity contribution < 1.29 is 33.2 Å². The second kappa shape index (κ2) is 24.2. The number of carbonyl (C=O) groups is 1. The van der Waals surface area contributed by atoms with E-state index in [1.54, 1.807) is 0 Å². The van der Waals surface area contributed by atoms with Crippen LogP contribution in [0.5, 0.6) is 0 Å². The maximum absolute atomic E-state index is 10.0. The molecule has 0 atom stereocenters. The van der Waals surface area contributed by atoms with E-state index in [4.69, 9.17) is 34.2 Å². The monoisotopic (exact) mass is 409 g/mol. The Morgan fingerprint density at radius 3 is 1.50 bits per heavy atom. The molecule has 28 heavy (non-hydrogen) atoms. The summed E-state index contributed by atoms with van der Waals surface area (Å²) in [5, 5.41) is 2.52. The molecule has 0 aliphatic heterocycles. The Bertz CT molecular complexity index is 315. The lowest BCUT2D eigenvalue weighted by Gasteiger charge is -2.16. The van der Waals surface area contributed by atoms with Crippen LogP contribution in [-0.2, 0) is 33.2 Å². The number of hydrogen-bond donors (Lipinski definition) is 2. The Kier molecular flexibility index (Phi) is 23.5. The van der Waals surface area contributed by atoms with E-state index in [0.29, 0.717) is 98.8 Å². The number of hydrogen-bond acceptors (Lipinski definition) is 9. The molecule has 0 unspecified atom stereocenters. The van der Waals surface area contributed by atoms with Gasteiger partial charge in [0.1, 0.15) is 0 Å². The van der Waals surface area contributed by atoms with Crippen LogP contribution in [0.2, 0.25) is 0 Å². The van der Waals surface area contributed by atoms with Crippen molar-refractivity contribution in [1.82, 2.24) is 10.2 Å². The molecule has 0 saturated carbocycles. The molecule has 0 aromatic heterocycles. The first-order chi connectivity index (χ1) is 13.8. The molecule has 0 radical (unpaired) electrons. The SMILES string of the molecule is CN(CCOCCOCCOCCN)CCOCCOCCOCCNC=O. The van der Waals surface area contributed by atoms with E-state index in [1.807, 2.05) is 7.05 Å². The summed E-state index contributed by atoms with van der Waals surface area (Å²) in [6.07, 6.45) is 0.654. The highest BCUT2D eigenvalue weighted by Crippen LogP contribution is 1.87. The molecule has 3 N–H and O–H groups in total. The number of carbonyl (C=O) groups excluding carboxylic acids is 1. The quantitative estimate of drug-likeness (QED) is 0.149. The van der Waals surface area contributed by atoms with Gasteiger partial charge in [-0.3, -0.25) is 4.79 Å². The van der Waals surface area contributed by atoms with E-state index >= 15 is 0 Å². The molecule has 0 aliphatic rings. The van der Waals surface area contributed by atoms with Gasteiger partial charge >= 0.3 is 0 Å². The molecule has 0 aliphatic carbocycles. The largest absolute Gasteiger partial charge is 0.378 e. The van der Waals surface area contributed by atoms with Crippen LogP contribution in [0.15, 0.2) is 0 Å². The van der Waals surface area contributed by atoms with Crippen LogP contribution < -0.4 is 11.1 Å². The van der Waals surface area contributed by atoms with Gasteiger partial charge in [-0.1, -0.05) is 0 Å². The molecular formula is C18H39N3O7. The zero-order valence-electron chi connectivity index (χ0n) is 17.3. The van der Waals surface area contributed by atoms with Crippen molar-refractivity contribution in [1.29, 1.82) is 0 Å². The molecule has 1 amide bonds. The third-order valence-corrected chi connectivity index (χ3v) is 3.46. The van der Waals surface area contributed by atoms with Gasteiger partial charge in [0, 0.05) is 26.2 Å². The highest BCUT2D eigenvalue weighted by molar-refractivity contribution is 5.45. The molecular weight excluding hydrogens is 370 g/mol. The van der Waals surface area contributed by atoms with Crippen molar-refractivity contribution in [2.24, 2.45) is 5.73 Å². The minimum Gasteiger partial charge on any atom is -0.378 e. The van der Waals surface area contributed by atoms with Crippen LogP contribution in [0, 0.1) is 0 Å². The summed E-state index contributed by atoms with van der Waals surface area (Å²) in [6.45, 7) is 9.52. The summed E-state index contributed by atoms with van der Waals surface area (Å²) in [6, 6.07) is 0. The zero-order valence-corrected chi connectivity index (χ0v) is 17.3. The molecule has 0 fully saturated rings. The molecule has 0 bridgehead atoms. The first kappa shape index (κ1) is 27.1. The third-order valence-electron chi connectivity index (χ3n) is 3.46. The van der Waals surface area contributed by atoms with Gasteiger partial charge in [0.25, 0.3) is 0 Å². The van der Waals surface area contributed by atoms with E-state index in [0.717, 1.165) is 13.1 Å². The number of nitrogens with zero attached hydrogens (tertiary/aromatic N) is 1. The van der Waals surface area contributed by atoms with Gasteiger partial charge in [0.15, 0.2) is 0 Å². The average molecular weight is 410 g/mol. The van der Waals surface area contributed by atoms with Crippen LogP contribution >= 0.6 is 0 Å². The topological polar surface area (TPSA) is 114 Å². The summed E-state index contributed by atoms with van der Waals surface area (Å²) >= 11 is 0. The molecule has 10 heteroatoms. The van der Waals surface area contributed by atoms with Crippen molar-refractivity contribution in [2.75, 3.05) is 113 Å². The lowest BCUT2D eigenvalue weighted by Crippen LogP contribution is -2.28. The molecule has 168 valence electrons. The second-order valence-electron chi connectivity index (χ2n) is 5.84. The van der Waals surface area contributed by atoms with E-state index < -0.39 is 0 Å². The van der Waals surface area contributed by atoms with Crippen molar-refractivity contribution in [3.8, 4) is 0 Å². The fourth-order valence-corrected chi connectivity index (χ4v) is 1.91. The maximum Gasteiger partial charge on any atom is 0.207 e. The summed E-state index contributed by atoms with van der Waals surface area (Å²) < 4.78 is 32.3. The summed E-state index contributed by atoms with van der Waals surface area (Å²) in [7, 11) is 2.03. The first-order valence-corrected chi connectivity index (χ1v) is 9.83. The number of nitrogens with one attached hydrogen (secondary N) is 1. The number of nitrogens with two attached hydrogens (primary N) is 1. The van der Waals surface area contributed by atoms with Crippen LogP contribution in [0.1, 0.15) is 0 Å². The van der Waals surface area contributed by atoms with Gasteiger partial charge in [0.2, 0.25) is 6.41 Å². The summed E-state index contributed by atoms with van der Waals surface area (Å²) in [5.41, 5.74) is 5.32. The zero-order chi connectivity index (χ0) is 20.5. The summed E-state index contributed by atoms with van der Waals surface area (Å²) in [4.78, 5) is 12.2. The van der Waals surface area contributed by atoms with Crippen LogP contribution in [-0.4, -0.2) is 124 Å². The van der Waals surface area contributed by atoms with Gasteiger partial charge in [-0.15, -0.1) is 0 Å². The standard InChI is InChI=1S/C18H39N3O7/c1-21(4-8-25-12-16-27-14-10-23-6-2-19)5-9-26-13-17-28-15-11-24-7-3-20-18-22/h18H,2-17,19H2,1H3,(H,20,22). The van der Waals surface area contributed by atoms with E-state index in [2.05, 4.69) is 10.2 Å². The lowest BCUT2D eigenvalue weighted by molar-refractivity contribution is -0.109. The van der Waals surface area contributed by atoms with Gasteiger partial charge < -0.3 is 44.4 Å². The highest BCUT2D eigenvalue weighted by Gasteiger charge is 1.99. The molecule has 0 heterocycles. The Labute approximate surface area is 168 Å². The molecule has 0 spiro atoms. The number of rotatable bonds is 24. The maximum atomic E-state index is 10.0. The van der Waals surface area contributed by atoms with E-state index in [1.165, 1.54) is 0 Å². The smallest absolute Gasteiger partial charge is 0.207 e. The van der Waals surface area contributed by atoms with Gasteiger partial charge in [-0.2, -0.15) is 0 Å². The Balaban J connectivity index is 3.13. The first-order valence-electron chi connectivity index (χ1n) is 9.83. The Morgan fingerprint density at radius 1 is 0.679 bits per heavy atom. The fourth-order valence-electron chi connectivity index (χ4n) is 1.91. The van der Waals surface area contributed by atoms with Crippen molar-refractivity contribution >= 4 is 6.41 Å². The predicted molar refractivity (Wildman–Crippen MR) is 106 cm³/mol. The Morgan fingerprint density at radius 2 is 1.07 bits per heavy atom. The normalized spacial score (nSPS) is 11.2. The van der Waals surface area contributed by atoms with Gasteiger partial charge in [-0.25, -0.2) is 0 Å². The Hall–Kier alpha value is -0.850. The van der Waals surface area contributed by atoms with E-state index in [9.17, 15) is 4.79 Å². The van der Waals surface area contributed by atoms with Gasteiger partial charge in [-0.05, 0) is 7.05 Å². The van der Waals surface area contributed by atoms with Crippen molar-refractivity contribution in [2.45, 2.75) is 0 Å². The predicted octanol–water partition coefficient (Wildman–Crippen LogP) is -1.28. The van der Waals surface area contributed by atoms with Crippen molar-refractivity contribution in [3.05, 3.63) is 0 Å². The molecule has 0 rings (SSSR count). The van der Waals surface area contributed by atoms with Crippen LogP contribution in [0.25, 0.3) is 0 Å². The van der Waals surface area contributed by atoms with Crippen LogP contribution in [0.4, 0.5) is 0 Å². The van der Waals surface area contributed by atoms with Crippen molar-refractivity contribution in [3.63, 3.8) is 0 Å². The lowest BCUT2D eigenvalue weighted by atomic mass is 10.5.